The normalized spacial score (nSPS) is 9.81. The molecule has 0 saturated heterocycles. The summed E-state index contributed by atoms with van der Waals surface area (Å²) in [7, 11) is 0. The van der Waals surface area contributed by atoms with Crippen molar-refractivity contribution >= 4 is 12.0 Å². The molecule has 5 nitrogen and oxygen atoms in total. The average Bonchev–Trinajstić information content (AvgIpc) is 2.23. The van der Waals surface area contributed by atoms with Gasteiger partial charge in [0.2, 0.25) is 0 Å². The first-order chi connectivity index (χ1) is 7.66. The molecule has 94 valence electrons. The molecule has 0 unspecified atom stereocenters. The Morgan fingerprint density at radius 3 is 2.19 bits per heavy atom. The second-order valence-electron chi connectivity index (χ2n) is 3.74. The summed E-state index contributed by atoms with van der Waals surface area (Å²) in [4.78, 5) is 21.3. The molecule has 0 aliphatic rings. The van der Waals surface area contributed by atoms with Crippen molar-refractivity contribution in [3.63, 3.8) is 0 Å². The molecule has 3 N–H and O–H groups in total. The quantitative estimate of drug-likeness (QED) is 0.528. The van der Waals surface area contributed by atoms with E-state index in [2.05, 4.69) is 17.6 Å². The van der Waals surface area contributed by atoms with Gasteiger partial charge in [-0.1, -0.05) is 19.8 Å². The second kappa shape index (κ2) is 10.3. The van der Waals surface area contributed by atoms with Gasteiger partial charge in [-0.05, 0) is 19.3 Å². The molecule has 16 heavy (non-hydrogen) atoms. The Morgan fingerprint density at radius 2 is 1.62 bits per heavy atom. The number of aliphatic carboxylic acids is 1. The minimum Gasteiger partial charge on any atom is -0.481 e. The number of carboxylic acids is 1. The number of nitrogens with one attached hydrogen (secondary N) is 2. The van der Waals surface area contributed by atoms with Gasteiger partial charge in [-0.2, -0.15) is 0 Å². The number of hydrogen-bond donors (Lipinski definition) is 3. The van der Waals surface area contributed by atoms with Crippen molar-refractivity contribution in [2.45, 2.75) is 45.4 Å². The van der Waals surface area contributed by atoms with Crippen LogP contribution in [0.15, 0.2) is 0 Å². The first-order valence-electron chi connectivity index (χ1n) is 5.90. The molecular weight excluding hydrogens is 208 g/mol. The van der Waals surface area contributed by atoms with Gasteiger partial charge in [-0.3, -0.25) is 4.79 Å². The first kappa shape index (κ1) is 14.7. The maximum Gasteiger partial charge on any atom is 0.314 e. The smallest absolute Gasteiger partial charge is 0.314 e. The van der Waals surface area contributed by atoms with E-state index in [9.17, 15) is 9.59 Å². The van der Waals surface area contributed by atoms with E-state index in [1.165, 1.54) is 0 Å². The lowest BCUT2D eigenvalue weighted by Gasteiger charge is -2.06. The van der Waals surface area contributed by atoms with Crippen molar-refractivity contribution in [1.82, 2.24) is 10.6 Å². The molecule has 0 aromatic rings. The van der Waals surface area contributed by atoms with Crippen LogP contribution in [-0.4, -0.2) is 30.2 Å². The van der Waals surface area contributed by atoms with Gasteiger partial charge in [-0.15, -0.1) is 0 Å². The van der Waals surface area contributed by atoms with Crippen LogP contribution in [0, 0.1) is 0 Å². The van der Waals surface area contributed by atoms with Gasteiger partial charge in [-0.25, -0.2) is 4.79 Å². The third-order valence-corrected chi connectivity index (χ3v) is 2.17. The van der Waals surface area contributed by atoms with E-state index < -0.39 is 5.97 Å². The van der Waals surface area contributed by atoms with Crippen molar-refractivity contribution in [2.75, 3.05) is 13.1 Å². The molecule has 5 heteroatoms. The molecule has 0 aliphatic heterocycles. The van der Waals surface area contributed by atoms with Gasteiger partial charge in [0.25, 0.3) is 0 Å². The van der Waals surface area contributed by atoms with Crippen LogP contribution < -0.4 is 10.6 Å². The molecule has 0 aromatic carbocycles. The molecule has 0 rings (SSSR count). The van der Waals surface area contributed by atoms with Gasteiger partial charge in [0, 0.05) is 19.5 Å². The van der Waals surface area contributed by atoms with E-state index >= 15 is 0 Å². The molecule has 2 amide bonds. The molecule has 0 saturated carbocycles. The van der Waals surface area contributed by atoms with Gasteiger partial charge in [0.15, 0.2) is 0 Å². The SMILES string of the molecule is CCCCNC(=O)NCCCCCC(=O)O. The average molecular weight is 230 g/mol. The van der Waals surface area contributed by atoms with Crippen molar-refractivity contribution in [3.8, 4) is 0 Å². The third kappa shape index (κ3) is 10.8. The second-order valence-corrected chi connectivity index (χ2v) is 3.74. The number of unbranched alkanes of at least 4 members (excludes halogenated alkanes) is 3. The highest BCUT2D eigenvalue weighted by Crippen LogP contribution is 1.98. The fourth-order valence-corrected chi connectivity index (χ4v) is 1.22. The lowest BCUT2D eigenvalue weighted by Crippen LogP contribution is -2.36. The highest BCUT2D eigenvalue weighted by molar-refractivity contribution is 5.73. The summed E-state index contributed by atoms with van der Waals surface area (Å²) in [5, 5.41) is 13.9. The number of urea groups is 1. The van der Waals surface area contributed by atoms with Crippen LogP contribution in [0.1, 0.15) is 45.4 Å². The van der Waals surface area contributed by atoms with Gasteiger partial charge >= 0.3 is 12.0 Å². The van der Waals surface area contributed by atoms with Crippen molar-refractivity contribution in [2.24, 2.45) is 0 Å². The number of amides is 2. The minimum atomic E-state index is -0.759. The van der Waals surface area contributed by atoms with Crippen molar-refractivity contribution in [1.29, 1.82) is 0 Å². The topological polar surface area (TPSA) is 78.4 Å². The molecule has 0 aromatic heterocycles. The molecule has 0 aliphatic carbocycles. The van der Waals surface area contributed by atoms with Crippen LogP contribution in [-0.2, 0) is 4.79 Å². The van der Waals surface area contributed by atoms with Gasteiger partial charge in [0.1, 0.15) is 0 Å². The summed E-state index contributed by atoms with van der Waals surface area (Å²) in [5.74, 6) is -0.759. The molecule has 0 atom stereocenters. The number of carbonyl (C=O) groups excluding carboxylic acids is 1. The Hall–Kier alpha value is -1.26. The Morgan fingerprint density at radius 1 is 1.00 bits per heavy atom. The predicted octanol–water partition coefficient (Wildman–Crippen LogP) is 1.73. The van der Waals surface area contributed by atoms with Crippen molar-refractivity contribution in [3.05, 3.63) is 0 Å². The Bertz CT molecular complexity index is 207. The zero-order valence-electron chi connectivity index (χ0n) is 9.92. The van der Waals surface area contributed by atoms with E-state index in [1.807, 2.05) is 0 Å². The Kier molecular flexibility index (Phi) is 9.46. The summed E-state index contributed by atoms with van der Waals surface area (Å²) < 4.78 is 0. The van der Waals surface area contributed by atoms with Crippen LogP contribution in [0.2, 0.25) is 0 Å². The maximum absolute atomic E-state index is 11.1. The number of carbonyl (C=O) groups is 2. The Labute approximate surface area is 96.6 Å². The zero-order valence-corrected chi connectivity index (χ0v) is 9.92. The molecule has 0 radical (unpaired) electrons. The van der Waals surface area contributed by atoms with Crippen LogP contribution in [0.5, 0.6) is 0 Å². The predicted molar refractivity (Wildman–Crippen MR) is 62.4 cm³/mol. The first-order valence-corrected chi connectivity index (χ1v) is 5.90. The van der Waals surface area contributed by atoms with E-state index in [4.69, 9.17) is 5.11 Å². The summed E-state index contributed by atoms with van der Waals surface area (Å²) >= 11 is 0. The highest BCUT2D eigenvalue weighted by atomic mass is 16.4. The lowest BCUT2D eigenvalue weighted by atomic mass is 10.2. The zero-order chi connectivity index (χ0) is 12.2. The summed E-state index contributed by atoms with van der Waals surface area (Å²) in [5.41, 5.74) is 0. The van der Waals surface area contributed by atoms with Crippen molar-refractivity contribution < 1.29 is 14.7 Å². The number of carboxylic acid groups (broad SMARTS) is 1. The fourth-order valence-electron chi connectivity index (χ4n) is 1.22. The lowest BCUT2D eigenvalue weighted by molar-refractivity contribution is -0.137. The minimum absolute atomic E-state index is 0.133. The molecule has 0 bridgehead atoms. The fraction of sp³-hybridized carbons (Fsp3) is 0.818. The van der Waals surface area contributed by atoms with E-state index in [1.54, 1.807) is 0 Å². The van der Waals surface area contributed by atoms with E-state index in [0.717, 1.165) is 25.7 Å². The largest absolute Gasteiger partial charge is 0.481 e. The van der Waals surface area contributed by atoms with Gasteiger partial charge in [0.05, 0.1) is 0 Å². The molecule has 0 heterocycles. The van der Waals surface area contributed by atoms with Crippen LogP contribution in [0.3, 0.4) is 0 Å². The highest BCUT2D eigenvalue weighted by Gasteiger charge is 1.99. The van der Waals surface area contributed by atoms with Crippen LogP contribution in [0.4, 0.5) is 4.79 Å². The summed E-state index contributed by atoms with van der Waals surface area (Å²) in [6, 6.07) is -0.133. The standard InChI is InChI=1S/C11H22N2O3/c1-2-3-8-12-11(16)13-9-6-4-5-7-10(14)15/h2-9H2,1H3,(H,14,15)(H2,12,13,16). The number of hydrogen-bond acceptors (Lipinski definition) is 2. The van der Waals surface area contributed by atoms with Crippen LogP contribution >= 0.6 is 0 Å². The summed E-state index contributed by atoms with van der Waals surface area (Å²) in [6.07, 6.45) is 4.61. The monoisotopic (exact) mass is 230 g/mol. The number of rotatable bonds is 9. The molecule has 0 fully saturated rings. The van der Waals surface area contributed by atoms with E-state index in [-0.39, 0.29) is 12.5 Å². The molecule has 0 spiro atoms. The Balaban J connectivity index is 3.18. The summed E-state index contributed by atoms with van der Waals surface area (Å²) in [6.45, 7) is 3.39. The molecular formula is C11H22N2O3. The van der Waals surface area contributed by atoms with Crippen LogP contribution in [0.25, 0.3) is 0 Å². The van der Waals surface area contributed by atoms with Gasteiger partial charge < -0.3 is 15.7 Å². The third-order valence-electron chi connectivity index (χ3n) is 2.17. The maximum atomic E-state index is 11.1. The van der Waals surface area contributed by atoms with E-state index in [0.29, 0.717) is 19.5 Å².